The minimum atomic E-state index is -1.03. The molecule has 1 saturated heterocycles. The molecule has 1 aliphatic carbocycles. The van der Waals surface area contributed by atoms with Crippen molar-refractivity contribution in [1.29, 1.82) is 10.5 Å². The number of nitrogens with zero attached hydrogens (tertiary/aromatic N) is 9. The number of benzene rings is 1. The summed E-state index contributed by atoms with van der Waals surface area (Å²) in [5.74, 6) is 0.647. The van der Waals surface area contributed by atoms with Crippen molar-refractivity contribution in [3.8, 4) is 12.1 Å². The molecule has 226 valence electrons. The van der Waals surface area contributed by atoms with Gasteiger partial charge in [-0.3, -0.25) is 4.90 Å². The van der Waals surface area contributed by atoms with Crippen LogP contribution in [0.15, 0.2) is 18.3 Å². The summed E-state index contributed by atoms with van der Waals surface area (Å²) in [5.41, 5.74) is 1.03. The Bertz CT molecular complexity index is 1620. The lowest BCUT2D eigenvalue weighted by atomic mass is 9.94. The van der Waals surface area contributed by atoms with Gasteiger partial charge in [0.05, 0.1) is 45.9 Å². The number of amides is 1. The summed E-state index contributed by atoms with van der Waals surface area (Å²) in [5, 5.41) is 50.9. The smallest absolute Gasteiger partial charge is 0.407 e. The lowest BCUT2D eigenvalue weighted by Crippen LogP contribution is -2.61. The van der Waals surface area contributed by atoms with Gasteiger partial charge in [-0.25, -0.2) is 9.78 Å². The molecule has 3 heterocycles. The van der Waals surface area contributed by atoms with Crippen LogP contribution < -0.4 is 15.5 Å². The molecule has 0 radical (unpaired) electrons. The maximum atomic E-state index is 11.9. The highest BCUT2D eigenvalue weighted by Crippen LogP contribution is 2.38. The van der Waals surface area contributed by atoms with Crippen LogP contribution in [0, 0.1) is 22.7 Å². The summed E-state index contributed by atoms with van der Waals surface area (Å²) in [7, 11) is 3.42. The molecule has 2 fully saturated rings. The average molecular weight is 608 g/mol. The Morgan fingerprint density at radius 2 is 1.95 bits per heavy atom. The van der Waals surface area contributed by atoms with Gasteiger partial charge in [-0.2, -0.15) is 20.0 Å². The fourth-order valence-electron chi connectivity index (χ4n) is 5.54. The van der Waals surface area contributed by atoms with Crippen molar-refractivity contribution in [3.63, 3.8) is 0 Å². The van der Waals surface area contributed by atoms with E-state index >= 15 is 0 Å². The summed E-state index contributed by atoms with van der Waals surface area (Å²) in [6, 6.07) is 7.27. The number of nitrogens with one attached hydrogen (secondary N) is 2. The first-order chi connectivity index (χ1) is 20.4. The number of likely N-dealkylation sites (N-methyl/N-ethyl adjacent to an activating group) is 2. The minimum Gasteiger partial charge on any atom is -0.465 e. The third-order valence-corrected chi connectivity index (χ3v) is 8.11. The van der Waals surface area contributed by atoms with E-state index in [1.165, 1.54) is 15.6 Å². The molecule has 0 spiro atoms. The number of carbonyl (C=O) groups is 1. The Morgan fingerprint density at radius 1 is 1.21 bits per heavy atom. The van der Waals surface area contributed by atoms with Gasteiger partial charge in [-0.1, -0.05) is 11.6 Å². The zero-order valence-corrected chi connectivity index (χ0v) is 25.2. The summed E-state index contributed by atoms with van der Waals surface area (Å²) < 4.78 is 1.41. The lowest BCUT2D eigenvalue weighted by Gasteiger charge is -2.47. The van der Waals surface area contributed by atoms with E-state index < -0.39 is 11.7 Å². The Hall–Kier alpha value is -4.37. The molecule has 1 aliphatic heterocycles. The Kier molecular flexibility index (Phi) is 8.21. The van der Waals surface area contributed by atoms with Gasteiger partial charge in [-0.15, -0.1) is 5.10 Å². The van der Waals surface area contributed by atoms with E-state index in [4.69, 9.17) is 11.6 Å². The van der Waals surface area contributed by atoms with E-state index in [-0.39, 0.29) is 29.8 Å². The predicted octanol–water partition coefficient (Wildman–Crippen LogP) is 3.10. The molecular weight excluding hydrogens is 574 g/mol. The number of halogens is 1. The first-order valence-corrected chi connectivity index (χ1v) is 14.3. The number of piperidine rings is 1. The SMILES string of the molecule is CN(CC(C)(C)O)[C@H]1CN(c2cc(C#N)cc(Nc3nc(NC4CC4)c4ncc(C#N)n4n3)c2Cl)CC[C@@H]1N(C)C(=O)O. The van der Waals surface area contributed by atoms with Crippen LogP contribution in [0.25, 0.3) is 5.65 Å². The molecule has 2 aromatic heterocycles. The Morgan fingerprint density at radius 3 is 2.58 bits per heavy atom. The number of rotatable bonds is 9. The fourth-order valence-corrected chi connectivity index (χ4v) is 5.81. The molecule has 1 aromatic carbocycles. The highest BCUT2D eigenvalue weighted by atomic mass is 35.5. The number of hydrogen-bond acceptors (Lipinski definition) is 11. The van der Waals surface area contributed by atoms with Crippen LogP contribution in [0.3, 0.4) is 0 Å². The van der Waals surface area contributed by atoms with Crippen molar-refractivity contribution in [3.05, 3.63) is 34.6 Å². The number of carboxylic acid groups (broad SMARTS) is 1. The van der Waals surface area contributed by atoms with E-state index in [0.717, 1.165) is 12.8 Å². The second kappa shape index (κ2) is 11.7. The van der Waals surface area contributed by atoms with E-state index in [1.807, 2.05) is 16.8 Å². The number of aromatic nitrogens is 4. The number of hydrogen-bond donors (Lipinski definition) is 4. The maximum absolute atomic E-state index is 11.9. The molecule has 2 atom stereocenters. The molecule has 2 aliphatic rings. The van der Waals surface area contributed by atoms with Gasteiger partial charge in [0.25, 0.3) is 0 Å². The third-order valence-electron chi connectivity index (χ3n) is 7.71. The molecule has 1 amide bonds. The number of nitriles is 2. The molecule has 43 heavy (non-hydrogen) atoms. The van der Waals surface area contributed by atoms with Crippen molar-refractivity contribution >= 4 is 46.5 Å². The zero-order valence-electron chi connectivity index (χ0n) is 24.4. The van der Waals surface area contributed by atoms with E-state index in [0.29, 0.717) is 59.5 Å². The topological polar surface area (TPSA) is 182 Å². The second-order valence-corrected chi connectivity index (χ2v) is 12.2. The molecule has 0 bridgehead atoms. The van der Waals surface area contributed by atoms with Gasteiger partial charge in [0.15, 0.2) is 17.2 Å². The van der Waals surface area contributed by atoms with Crippen LogP contribution in [-0.2, 0) is 0 Å². The van der Waals surface area contributed by atoms with E-state index in [1.54, 1.807) is 33.0 Å². The van der Waals surface area contributed by atoms with Crippen LogP contribution in [-0.4, -0.2) is 103 Å². The van der Waals surface area contributed by atoms with Crippen molar-refractivity contribution in [1.82, 2.24) is 29.4 Å². The number of aliphatic hydroxyl groups is 1. The number of fused-ring (bicyclic) bond motifs is 1. The van der Waals surface area contributed by atoms with Crippen LogP contribution in [0.2, 0.25) is 5.02 Å². The van der Waals surface area contributed by atoms with Crippen molar-refractivity contribution in [2.45, 2.75) is 56.8 Å². The molecule has 5 rings (SSSR count). The molecule has 3 aromatic rings. The molecule has 4 N–H and O–H groups in total. The van der Waals surface area contributed by atoms with Crippen molar-refractivity contribution < 1.29 is 15.0 Å². The summed E-state index contributed by atoms with van der Waals surface area (Å²) >= 11 is 6.98. The monoisotopic (exact) mass is 607 g/mol. The highest BCUT2D eigenvalue weighted by Gasteiger charge is 2.38. The van der Waals surface area contributed by atoms with E-state index in [9.17, 15) is 25.5 Å². The van der Waals surface area contributed by atoms with Crippen LogP contribution in [0.4, 0.5) is 27.9 Å². The number of imidazole rings is 1. The van der Waals surface area contributed by atoms with Gasteiger partial charge in [0, 0.05) is 38.8 Å². The fraction of sp³-hybridized carbons (Fsp3) is 0.500. The first kappa shape index (κ1) is 30.1. The van der Waals surface area contributed by atoms with E-state index in [2.05, 4.69) is 37.8 Å². The lowest BCUT2D eigenvalue weighted by molar-refractivity contribution is 0.0117. The van der Waals surface area contributed by atoms with Gasteiger partial charge >= 0.3 is 6.09 Å². The Balaban J connectivity index is 1.49. The molecule has 1 saturated carbocycles. The predicted molar refractivity (Wildman–Crippen MR) is 161 cm³/mol. The third kappa shape index (κ3) is 6.51. The standard InChI is InChI=1S/C28H34ClN11O3/c1-28(2,43)15-37(3)22-14-39(8-7-20(22)38(4)27(41)42)21-10-16(11-30)9-19(23(21)29)34-26-35-24(33-17-5-6-17)25-32-13-18(12-31)40(25)36-26/h9-10,13,17,20,22,43H,5-8,14-15H2,1-4H3,(H,41,42)(H2,33,34,35,36)/t20-,22-/m0/s1. The van der Waals surface area contributed by atoms with Gasteiger partial charge in [-0.05, 0) is 52.3 Å². The molecule has 0 unspecified atom stereocenters. The largest absolute Gasteiger partial charge is 0.465 e. The molecule has 14 nitrogen and oxygen atoms in total. The maximum Gasteiger partial charge on any atom is 0.407 e. The molecular formula is C28H34ClN11O3. The number of anilines is 4. The van der Waals surface area contributed by atoms with Gasteiger partial charge in [0.1, 0.15) is 6.07 Å². The zero-order chi connectivity index (χ0) is 31.1. The minimum absolute atomic E-state index is 0.165. The summed E-state index contributed by atoms with van der Waals surface area (Å²) in [6.07, 6.45) is 2.93. The summed E-state index contributed by atoms with van der Waals surface area (Å²) in [4.78, 5) is 26.1. The average Bonchev–Trinajstić information content (AvgIpc) is 3.68. The normalized spacial score (nSPS) is 18.8. The summed E-state index contributed by atoms with van der Waals surface area (Å²) in [6.45, 7) is 4.63. The van der Waals surface area contributed by atoms with Crippen LogP contribution in [0.1, 0.15) is 44.4 Å². The van der Waals surface area contributed by atoms with Crippen molar-refractivity contribution in [2.75, 3.05) is 49.3 Å². The quantitative estimate of drug-likeness (QED) is 0.279. The van der Waals surface area contributed by atoms with Gasteiger partial charge in [0.2, 0.25) is 5.95 Å². The van der Waals surface area contributed by atoms with Crippen LogP contribution >= 0.6 is 11.6 Å². The van der Waals surface area contributed by atoms with Gasteiger partial charge < -0.3 is 30.6 Å². The highest BCUT2D eigenvalue weighted by molar-refractivity contribution is 6.36. The molecule has 15 heteroatoms. The first-order valence-electron chi connectivity index (χ1n) is 13.9. The second-order valence-electron chi connectivity index (χ2n) is 11.8. The Labute approximate surface area is 254 Å². The van der Waals surface area contributed by atoms with Crippen LogP contribution in [0.5, 0.6) is 0 Å². The van der Waals surface area contributed by atoms with Crippen molar-refractivity contribution in [2.24, 2.45) is 0 Å².